The second-order valence-electron chi connectivity index (χ2n) is 5.78. The first-order valence-electron chi connectivity index (χ1n) is 8.08. The van der Waals surface area contributed by atoms with Gasteiger partial charge in [-0.2, -0.15) is 0 Å². The maximum absolute atomic E-state index is 12.1. The number of carbonyl (C=O) groups is 2. The Morgan fingerprint density at radius 1 is 1.08 bits per heavy atom. The van der Waals surface area contributed by atoms with Crippen molar-refractivity contribution in [2.24, 2.45) is 0 Å². The molecule has 2 aromatic carbocycles. The molecule has 0 aliphatic heterocycles. The van der Waals surface area contributed by atoms with Crippen molar-refractivity contribution in [2.75, 3.05) is 6.61 Å². The fraction of sp³-hybridized carbons (Fsp3) is 0.200. The standard InChI is InChI=1S/C20H19NO3S/c1-14(18-10-5-11-25-18)21-19(22)13-24-20(23)12-16-8-4-7-15-6-2-3-9-17(15)16/h2-11,14H,12-13H2,1H3,(H,21,22)/t14-/m0/s1. The monoisotopic (exact) mass is 353 g/mol. The Morgan fingerprint density at radius 3 is 2.68 bits per heavy atom. The van der Waals surface area contributed by atoms with Gasteiger partial charge >= 0.3 is 5.97 Å². The molecule has 1 N–H and O–H groups in total. The highest BCUT2D eigenvalue weighted by Crippen LogP contribution is 2.19. The lowest BCUT2D eigenvalue weighted by molar-refractivity contribution is -0.148. The van der Waals surface area contributed by atoms with E-state index in [1.807, 2.05) is 66.9 Å². The molecule has 1 heterocycles. The SMILES string of the molecule is C[C@H](NC(=O)COC(=O)Cc1cccc2ccccc12)c1cccs1. The van der Waals surface area contributed by atoms with Crippen molar-refractivity contribution in [2.45, 2.75) is 19.4 Å². The third kappa shape index (κ3) is 4.45. The Morgan fingerprint density at radius 2 is 1.88 bits per heavy atom. The van der Waals surface area contributed by atoms with E-state index >= 15 is 0 Å². The zero-order valence-corrected chi connectivity index (χ0v) is 14.7. The van der Waals surface area contributed by atoms with E-state index in [1.54, 1.807) is 11.3 Å². The van der Waals surface area contributed by atoms with Gasteiger partial charge in [-0.3, -0.25) is 9.59 Å². The number of esters is 1. The summed E-state index contributed by atoms with van der Waals surface area (Å²) in [6.07, 6.45) is 0.148. The lowest BCUT2D eigenvalue weighted by Gasteiger charge is -2.12. The number of hydrogen-bond donors (Lipinski definition) is 1. The third-order valence-corrected chi connectivity index (χ3v) is 4.98. The molecule has 0 bridgehead atoms. The van der Waals surface area contributed by atoms with E-state index in [2.05, 4.69) is 5.32 Å². The minimum Gasteiger partial charge on any atom is -0.455 e. The Balaban J connectivity index is 1.53. The van der Waals surface area contributed by atoms with Crippen LogP contribution in [0.2, 0.25) is 0 Å². The molecule has 5 heteroatoms. The summed E-state index contributed by atoms with van der Waals surface area (Å²) < 4.78 is 5.13. The number of ether oxygens (including phenoxy) is 1. The molecule has 0 aliphatic carbocycles. The lowest BCUT2D eigenvalue weighted by Crippen LogP contribution is -2.31. The van der Waals surface area contributed by atoms with E-state index in [-0.39, 0.29) is 25.0 Å². The molecular formula is C20H19NO3S. The molecule has 1 atom stereocenters. The first-order chi connectivity index (χ1) is 12.1. The molecule has 1 amide bonds. The van der Waals surface area contributed by atoms with Crippen molar-refractivity contribution in [3.63, 3.8) is 0 Å². The van der Waals surface area contributed by atoms with Crippen LogP contribution in [0, 0.1) is 0 Å². The molecule has 25 heavy (non-hydrogen) atoms. The molecule has 3 rings (SSSR count). The normalized spacial score (nSPS) is 11.9. The van der Waals surface area contributed by atoms with Crippen molar-refractivity contribution >= 4 is 34.0 Å². The zero-order chi connectivity index (χ0) is 17.6. The quantitative estimate of drug-likeness (QED) is 0.685. The predicted molar refractivity (Wildman–Crippen MR) is 99.5 cm³/mol. The van der Waals surface area contributed by atoms with Gasteiger partial charge in [-0.05, 0) is 34.7 Å². The van der Waals surface area contributed by atoms with Gasteiger partial charge in [0.2, 0.25) is 0 Å². The molecule has 3 aromatic rings. The number of fused-ring (bicyclic) bond motifs is 1. The minimum absolute atomic E-state index is 0.0933. The smallest absolute Gasteiger partial charge is 0.310 e. The van der Waals surface area contributed by atoms with Crippen LogP contribution in [-0.4, -0.2) is 18.5 Å². The molecule has 0 radical (unpaired) electrons. The first-order valence-corrected chi connectivity index (χ1v) is 8.96. The average molecular weight is 353 g/mol. The molecule has 128 valence electrons. The van der Waals surface area contributed by atoms with Crippen LogP contribution < -0.4 is 5.32 Å². The van der Waals surface area contributed by atoms with Gasteiger partial charge in [-0.25, -0.2) is 0 Å². The van der Waals surface area contributed by atoms with Crippen LogP contribution in [0.15, 0.2) is 60.0 Å². The molecule has 4 nitrogen and oxygen atoms in total. The largest absolute Gasteiger partial charge is 0.455 e. The molecule has 0 fully saturated rings. The highest BCUT2D eigenvalue weighted by atomic mass is 32.1. The second-order valence-corrected chi connectivity index (χ2v) is 6.76. The summed E-state index contributed by atoms with van der Waals surface area (Å²) in [4.78, 5) is 25.1. The second kappa shape index (κ2) is 7.94. The van der Waals surface area contributed by atoms with Crippen LogP contribution in [0.4, 0.5) is 0 Å². The van der Waals surface area contributed by atoms with Crippen LogP contribution in [0.3, 0.4) is 0 Å². The number of rotatable bonds is 6. The summed E-state index contributed by atoms with van der Waals surface area (Å²) in [5, 5.41) is 6.89. The van der Waals surface area contributed by atoms with Crippen molar-refractivity contribution in [1.82, 2.24) is 5.32 Å². The van der Waals surface area contributed by atoms with Gasteiger partial charge in [0.1, 0.15) is 0 Å². The van der Waals surface area contributed by atoms with Crippen LogP contribution in [0.25, 0.3) is 10.8 Å². The van der Waals surface area contributed by atoms with Crippen molar-refractivity contribution in [1.29, 1.82) is 0 Å². The molecular weight excluding hydrogens is 334 g/mol. The minimum atomic E-state index is -0.407. The fourth-order valence-corrected chi connectivity index (χ4v) is 3.43. The van der Waals surface area contributed by atoms with E-state index in [9.17, 15) is 9.59 Å². The van der Waals surface area contributed by atoms with E-state index in [4.69, 9.17) is 4.74 Å². The van der Waals surface area contributed by atoms with Crippen molar-refractivity contribution < 1.29 is 14.3 Å². The maximum Gasteiger partial charge on any atom is 0.310 e. The summed E-state index contributed by atoms with van der Waals surface area (Å²) in [7, 11) is 0. The Hall–Kier alpha value is -2.66. The lowest BCUT2D eigenvalue weighted by atomic mass is 10.0. The number of nitrogens with one attached hydrogen (secondary N) is 1. The molecule has 0 saturated carbocycles. The van der Waals surface area contributed by atoms with Gasteiger partial charge in [-0.15, -0.1) is 11.3 Å². The molecule has 0 saturated heterocycles. The number of amides is 1. The van der Waals surface area contributed by atoms with E-state index < -0.39 is 5.97 Å². The van der Waals surface area contributed by atoms with E-state index in [1.165, 1.54) is 0 Å². The summed E-state index contributed by atoms with van der Waals surface area (Å²) in [5.41, 5.74) is 0.899. The van der Waals surface area contributed by atoms with Crippen LogP contribution in [0.5, 0.6) is 0 Å². The van der Waals surface area contributed by atoms with Crippen molar-refractivity contribution in [3.8, 4) is 0 Å². The van der Waals surface area contributed by atoms with Crippen LogP contribution >= 0.6 is 11.3 Å². The van der Waals surface area contributed by atoms with Gasteiger partial charge in [-0.1, -0.05) is 48.5 Å². The number of benzene rings is 2. The summed E-state index contributed by atoms with van der Waals surface area (Å²) in [5.74, 6) is -0.706. The number of carbonyl (C=O) groups excluding carboxylic acids is 2. The Bertz CT molecular complexity index is 868. The number of hydrogen-bond acceptors (Lipinski definition) is 4. The van der Waals surface area contributed by atoms with Gasteiger partial charge in [0.25, 0.3) is 5.91 Å². The highest BCUT2D eigenvalue weighted by molar-refractivity contribution is 7.10. The van der Waals surface area contributed by atoms with Gasteiger partial charge < -0.3 is 10.1 Å². The van der Waals surface area contributed by atoms with Gasteiger partial charge in [0.05, 0.1) is 12.5 Å². The molecule has 0 aliphatic rings. The van der Waals surface area contributed by atoms with Gasteiger partial charge in [0.15, 0.2) is 6.61 Å². The first kappa shape index (κ1) is 17.2. The summed E-state index contributed by atoms with van der Waals surface area (Å²) in [6, 6.07) is 17.5. The fourth-order valence-electron chi connectivity index (χ4n) is 2.69. The highest BCUT2D eigenvalue weighted by Gasteiger charge is 2.13. The van der Waals surface area contributed by atoms with Gasteiger partial charge in [0, 0.05) is 4.88 Å². The Labute approximate surface area is 150 Å². The predicted octanol–water partition coefficient (Wildman–Crippen LogP) is 3.86. The van der Waals surface area contributed by atoms with E-state index in [0.29, 0.717) is 0 Å². The summed E-state index contributed by atoms with van der Waals surface area (Å²) >= 11 is 1.58. The van der Waals surface area contributed by atoms with Crippen LogP contribution in [0.1, 0.15) is 23.4 Å². The molecule has 1 aromatic heterocycles. The third-order valence-electron chi connectivity index (χ3n) is 3.93. The number of thiophene rings is 1. The molecule has 0 spiro atoms. The topological polar surface area (TPSA) is 55.4 Å². The average Bonchev–Trinajstić information content (AvgIpc) is 3.15. The summed E-state index contributed by atoms with van der Waals surface area (Å²) in [6.45, 7) is 1.64. The van der Waals surface area contributed by atoms with E-state index in [0.717, 1.165) is 21.2 Å². The zero-order valence-electron chi connectivity index (χ0n) is 13.9. The molecule has 0 unspecified atom stereocenters. The maximum atomic E-state index is 12.1. The van der Waals surface area contributed by atoms with Crippen molar-refractivity contribution in [3.05, 3.63) is 70.4 Å². The van der Waals surface area contributed by atoms with Crippen LogP contribution in [-0.2, 0) is 20.7 Å². The Kier molecular flexibility index (Phi) is 5.46.